The van der Waals surface area contributed by atoms with Gasteiger partial charge in [0, 0.05) is 24.9 Å². The van der Waals surface area contributed by atoms with E-state index >= 15 is 0 Å². The Morgan fingerprint density at radius 1 is 1.67 bits per heavy atom. The summed E-state index contributed by atoms with van der Waals surface area (Å²) >= 11 is 0. The van der Waals surface area contributed by atoms with E-state index in [1.165, 1.54) is 7.11 Å². The first kappa shape index (κ1) is 13.1. The minimum absolute atomic E-state index is 0.335. The van der Waals surface area contributed by atoms with Gasteiger partial charge >= 0.3 is 5.97 Å². The first-order valence-corrected chi connectivity index (χ1v) is 6.28. The Morgan fingerprint density at radius 3 is 3.17 bits per heavy atom. The van der Waals surface area contributed by atoms with Gasteiger partial charge in [0.2, 0.25) is 0 Å². The average Bonchev–Trinajstić information content (AvgIpc) is 3.05. The lowest BCUT2D eigenvalue weighted by molar-refractivity contribution is 0.0594. The maximum atomic E-state index is 11.3. The Balaban J connectivity index is 1.82. The minimum atomic E-state index is -0.335. The molecule has 2 N–H and O–H groups in total. The van der Waals surface area contributed by atoms with E-state index in [0.717, 1.165) is 25.3 Å². The van der Waals surface area contributed by atoms with Gasteiger partial charge in [0.1, 0.15) is 5.69 Å². The SMILES string of the molecule is COC(=O)c1ccc(CNC(C)C2CCOC2)[nH]1. The van der Waals surface area contributed by atoms with E-state index in [1.54, 1.807) is 6.07 Å². The van der Waals surface area contributed by atoms with E-state index in [0.29, 0.717) is 24.2 Å². The van der Waals surface area contributed by atoms with Crippen molar-refractivity contribution in [3.05, 3.63) is 23.5 Å². The summed E-state index contributed by atoms with van der Waals surface area (Å²) in [6.07, 6.45) is 1.12. The molecule has 1 aliphatic rings. The van der Waals surface area contributed by atoms with E-state index in [4.69, 9.17) is 4.74 Å². The standard InChI is InChI=1S/C13H20N2O3/c1-9(10-5-6-18-8-10)14-7-11-3-4-12(15-11)13(16)17-2/h3-4,9-10,14-15H,5-8H2,1-2H3. The molecule has 0 aromatic carbocycles. The van der Waals surface area contributed by atoms with Crippen LogP contribution in [0.15, 0.2) is 12.1 Å². The molecular formula is C13H20N2O3. The van der Waals surface area contributed by atoms with Crippen LogP contribution < -0.4 is 5.32 Å². The second-order valence-corrected chi connectivity index (χ2v) is 4.68. The normalized spacial score (nSPS) is 20.9. The second kappa shape index (κ2) is 6.02. The smallest absolute Gasteiger partial charge is 0.354 e. The van der Waals surface area contributed by atoms with Crippen molar-refractivity contribution in [1.29, 1.82) is 0 Å². The summed E-state index contributed by atoms with van der Waals surface area (Å²) in [5, 5.41) is 3.45. The van der Waals surface area contributed by atoms with Gasteiger partial charge in [-0.2, -0.15) is 0 Å². The van der Waals surface area contributed by atoms with Crippen molar-refractivity contribution in [3.63, 3.8) is 0 Å². The molecule has 1 aromatic rings. The van der Waals surface area contributed by atoms with Crippen molar-refractivity contribution in [2.75, 3.05) is 20.3 Å². The van der Waals surface area contributed by atoms with Gasteiger partial charge in [-0.1, -0.05) is 0 Å². The lowest BCUT2D eigenvalue weighted by Crippen LogP contribution is -2.33. The summed E-state index contributed by atoms with van der Waals surface area (Å²) < 4.78 is 10.0. The van der Waals surface area contributed by atoms with E-state index in [1.807, 2.05) is 6.07 Å². The Labute approximate surface area is 107 Å². The van der Waals surface area contributed by atoms with E-state index in [9.17, 15) is 4.79 Å². The topological polar surface area (TPSA) is 63.4 Å². The molecule has 1 aromatic heterocycles. The molecule has 2 atom stereocenters. The maximum absolute atomic E-state index is 11.3. The van der Waals surface area contributed by atoms with Crippen LogP contribution in [-0.4, -0.2) is 37.3 Å². The fourth-order valence-electron chi connectivity index (χ4n) is 2.16. The third-order valence-electron chi connectivity index (χ3n) is 3.44. The lowest BCUT2D eigenvalue weighted by atomic mass is 10.0. The van der Waals surface area contributed by atoms with Crippen LogP contribution in [0.4, 0.5) is 0 Å². The lowest BCUT2D eigenvalue weighted by Gasteiger charge is -2.18. The quantitative estimate of drug-likeness (QED) is 0.776. The van der Waals surface area contributed by atoms with Crippen LogP contribution in [0.3, 0.4) is 0 Å². The number of aromatic amines is 1. The highest BCUT2D eigenvalue weighted by atomic mass is 16.5. The molecule has 0 radical (unpaired) electrons. The Bertz CT molecular complexity index is 397. The minimum Gasteiger partial charge on any atom is -0.464 e. The molecule has 5 heteroatoms. The number of aromatic nitrogens is 1. The molecule has 1 saturated heterocycles. The van der Waals surface area contributed by atoms with Crippen molar-refractivity contribution >= 4 is 5.97 Å². The van der Waals surface area contributed by atoms with Crippen molar-refractivity contribution in [3.8, 4) is 0 Å². The number of H-pyrrole nitrogens is 1. The third kappa shape index (κ3) is 3.11. The zero-order valence-corrected chi connectivity index (χ0v) is 10.9. The van der Waals surface area contributed by atoms with Crippen molar-refractivity contribution in [1.82, 2.24) is 10.3 Å². The zero-order chi connectivity index (χ0) is 13.0. The maximum Gasteiger partial charge on any atom is 0.354 e. The monoisotopic (exact) mass is 252 g/mol. The predicted molar refractivity (Wildman–Crippen MR) is 67.4 cm³/mol. The summed E-state index contributed by atoms with van der Waals surface area (Å²) in [4.78, 5) is 14.3. The van der Waals surface area contributed by atoms with Crippen LogP contribution >= 0.6 is 0 Å². The van der Waals surface area contributed by atoms with Crippen LogP contribution in [0, 0.1) is 5.92 Å². The highest BCUT2D eigenvalue weighted by Crippen LogP contribution is 2.16. The summed E-state index contributed by atoms with van der Waals surface area (Å²) in [6, 6.07) is 4.06. The molecule has 5 nitrogen and oxygen atoms in total. The molecule has 2 unspecified atom stereocenters. The van der Waals surface area contributed by atoms with Gasteiger partial charge < -0.3 is 19.8 Å². The summed E-state index contributed by atoms with van der Waals surface area (Å²) in [7, 11) is 1.38. The van der Waals surface area contributed by atoms with Gasteiger partial charge in [0.05, 0.1) is 13.7 Å². The average molecular weight is 252 g/mol. The molecule has 0 spiro atoms. The Hall–Kier alpha value is -1.33. The second-order valence-electron chi connectivity index (χ2n) is 4.68. The zero-order valence-electron chi connectivity index (χ0n) is 10.9. The van der Waals surface area contributed by atoms with Gasteiger partial charge in [-0.05, 0) is 31.4 Å². The molecule has 0 amide bonds. The highest BCUT2D eigenvalue weighted by Gasteiger charge is 2.21. The molecule has 0 aliphatic carbocycles. The summed E-state index contributed by atoms with van der Waals surface area (Å²) in [5.41, 5.74) is 1.48. The number of hydrogen-bond donors (Lipinski definition) is 2. The molecule has 1 fully saturated rings. The van der Waals surface area contributed by atoms with Crippen LogP contribution in [0.5, 0.6) is 0 Å². The highest BCUT2D eigenvalue weighted by molar-refractivity contribution is 5.87. The first-order chi connectivity index (χ1) is 8.70. The molecule has 0 bridgehead atoms. The number of carbonyl (C=O) groups excluding carboxylic acids is 1. The summed E-state index contributed by atoms with van der Waals surface area (Å²) in [5.74, 6) is 0.249. The largest absolute Gasteiger partial charge is 0.464 e. The Kier molecular flexibility index (Phi) is 4.38. The van der Waals surface area contributed by atoms with Crippen molar-refractivity contribution in [2.45, 2.75) is 25.9 Å². The first-order valence-electron chi connectivity index (χ1n) is 6.28. The van der Waals surface area contributed by atoms with Crippen molar-refractivity contribution in [2.24, 2.45) is 5.92 Å². The number of rotatable bonds is 5. The van der Waals surface area contributed by atoms with Crippen LogP contribution in [0.25, 0.3) is 0 Å². The summed E-state index contributed by atoms with van der Waals surface area (Å²) in [6.45, 7) is 4.59. The number of carbonyl (C=O) groups is 1. The number of ether oxygens (including phenoxy) is 2. The van der Waals surface area contributed by atoms with Crippen LogP contribution in [0.2, 0.25) is 0 Å². The molecule has 2 rings (SSSR count). The van der Waals surface area contributed by atoms with Crippen LogP contribution in [0.1, 0.15) is 29.5 Å². The number of esters is 1. The molecule has 18 heavy (non-hydrogen) atoms. The van der Waals surface area contributed by atoms with Gasteiger partial charge in [0.15, 0.2) is 0 Å². The van der Waals surface area contributed by atoms with E-state index in [-0.39, 0.29) is 5.97 Å². The fourth-order valence-corrected chi connectivity index (χ4v) is 2.16. The fraction of sp³-hybridized carbons (Fsp3) is 0.615. The van der Waals surface area contributed by atoms with E-state index < -0.39 is 0 Å². The number of methoxy groups -OCH3 is 1. The van der Waals surface area contributed by atoms with Gasteiger partial charge in [-0.3, -0.25) is 0 Å². The molecule has 2 heterocycles. The molecule has 100 valence electrons. The molecular weight excluding hydrogens is 232 g/mol. The number of nitrogens with one attached hydrogen (secondary N) is 2. The predicted octanol–water partition coefficient (Wildman–Crippen LogP) is 1.32. The number of hydrogen-bond acceptors (Lipinski definition) is 4. The van der Waals surface area contributed by atoms with Gasteiger partial charge in [0.25, 0.3) is 0 Å². The Morgan fingerprint density at radius 2 is 2.50 bits per heavy atom. The third-order valence-corrected chi connectivity index (χ3v) is 3.44. The molecule has 1 aliphatic heterocycles. The molecule has 0 saturated carbocycles. The van der Waals surface area contributed by atoms with Gasteiger partial charge in [-0.25, -0.2) is 4.79 Å². The van der Waals surface area contributed by atoms with Gasteiger partial charge in [-0.15, -0.1) is 0 Å². The van der Waals surface area contributed by atoms with E-state index in [2.05, 4.69) is 22.0 Å². The van der Waals surface area contributed by atoms with Crippen molar-refractivity contribution < 1.29 is 14.3 Å². The van der Waals surface area contributed by atoms with Crippen LogP contribution in [-0.2, 0) is 16.0 Å².